The van der Waals surface area contributed by atoms with Gasteiger partial charge in [-0.25, -0.2) is 4.98 Å². The maximum atomic E-state index is 13.3. The van der Waals surface area contributed by atoms with Gasteiger partial charge < -0.3 is 25.0 Å². The molecule has 0 bridgehead atoms. The summed E-state index contributed by atoms with van der Waals surface area (Å²) in [6.07, 6.45) is 5.75. The minimum absolute atomic E-state index is 0.0552. The molecule has 3 heterocycles. The van der Waals surface area contributed by atoms with Crippen molar-refractivity contribution in [1.29, 1.82) is 0 Å². The molecular formula is C26H32N6O3. The first-order valence-corrected chi connectivity index (χ1v) is 11.9. The highest BCUT2D eigenvalue weighted by atomic mass is 16.5. The molecule has 0 saturated carbocycles. The zero-order valence-corrected chi connectivity index (χ0v) is 20.5. The standard InChI is InChI=1S/C26H32N6O3/c1-4-21-25(26(33)31-23-16-28-10-9-24(23)32-11-13-34-14-12-32)30-22(17-29-21)19-5-7-20(8-6-19)35-18(2)15-27-3/h5-10,16-18,27H,4,11-15H2,1-3H3,(H,31,33). The summed E-state index contributed by atoms with van der Waals surface area (Å²) in [4.78, 5) is 29.0. The topological polar surface area (TPSA) is 102 Å². The van der Waals surface area contributed by atoms with Gasteiger partial charge in [-0.05, 0) is 50.7 Å². The number of carbonyl (C=O) groups excluding carboxylic acids is 1. The van der Waals surface area contributed by atoms with Gasteiger partial charge in [0.05, 0.1) is 48.4 Å². The second-order valence-corrected chi connectivity index (χ2v) is 8.36. The Hall–Kier alpha value is -3.56. The first kappa shape index (κ1) is 24.6. The van der Waals surface area contributed by atoms with Gasteiger partial charge in [-0.3, -0.25) is 14.8 Å². The van der Waals surface area contributed by atoms with Crippen molar-refractivity contribution in [3.05, 3.63) is 60.3 Å². The number of carbonyl (C=O) groups is 1. The smallest absolute Gasteiger partial charge is 0.276 e. The van der Waals surface area contributed by atoms with Crippen molar-refractivity contribution in [3.63, 3.8) is 0 Å². The average Bonchev–Trinajstić information content (AvgIpc) is 2.89. The van der Waals surface area contributed by atoms with Crippen molar-refractivity contribution in [2.45, 2.75) is 26.4 Å². The number of nitrogens with one attached hydrogen (secondary N) is 2. The Morgan fingerprint density at radius 3 is 2.66 bits per heavy atom. The molecule has 0 spiro atoms. The van der Waals surface area contributed by atoms with E-state index in [9.17, 15) is 4.79 Å². The molecular weight excluding hydrogens is 444 g/mol. The van der Waals surface area contributed by atoms with Gasteiger partial charge in [0.25, 0.3) is 5.91 Å². The molecule has 1 aliphatic rings. The van der Waals surface area contributed by atoms with Crippen LogP contribution in [0.4, 0.5) is 11.4 Å². The van der Waals surface area contributed by atoms with Gasteiger partial charge in [0, 0.05) is 31.4 Å². The molecule has 4 rings (SSSR count). The number of amides is 1. The fourth-order valence-corrected chi connectivity index (χ4v) is 4.00. The number of aryl methyl sites for hydroxylation is 1. The van der Waals surface area contributed by atoms with E-state index in [0.29, 0.717) is 42.4 Å². The number of benzene rings is 1. The Labute approximate surface area is 205 Å². The summed E-state index contributed by atoms with van der Waals surface area (Å²) in [7, 11) is 1.90. The van der Waals surface area contributed by atoms with Crippen molar-refractivity contribution in [1.82, 2.24) is 20.3 Å². The number of aromatic nitrogens is 3. The molecule has 1 aromatic carbocycles. The Morgan fingerprint density at radius 2 is 1.94 bits per heavy atom. The number of nitrogens with zero attached hydrogens (tertiary/aromatic N) is 4. The monoisotopic (exact) mass is 476 g/mol. The van der Waals surface area contributed by atoms with Gasteiger partial charge in [0.15, 0.2) is 5.69 Å². The summed E-state index contributed by atoms with van der Waals surface area (Å²) in [6, 6.07) is 9.57. The van der Waals surface area contributed by atoms with E-state index in [0.717, 1.165) is 36.6 Å². The second kappa shape index (κ2) is 11.7. The summed E-state index contributed by atoms with van der Waals surface area (Å²) >= 11 is 0. The van der Waals surface area contributed by atoms with Crippen LogP contribution in [0.15, 0.2) is 48.9 Å². The fourth-order valence-electron chi connectivity index (χ4n) is 4.00. The van der Waals surface area contributed by atoms with Gasteiger partial charge in [-0.1, -0.05) is 6.92 Å². The van der Waals surface area contributed by atoms with Crippen LogP contribution in [0.1, 0.15) is 30.0 Å². The van der Waals surface area contributed by atoms with Crippen molar-refractivity contribution < 1.29 is 14.3 Å². The molecule has 35 heavy (non-hydrogen) atoms. The predicted molar refractivity (Wildman–Crippen MR) is 136 cm³/mol. The van der Waals surface area contributed by atoms with Crippen molar-refractivity contribution in [2.75, 3.05) is 50.1 Å². The van der Waals surface area contributed by atoms with E-state index in [1.807, 2.05) is 51.2 Å². The van der Waals surface area contributed by atoms with Gasteiger partial charge in [0.2, 0.25) is 0 Å². The lowest BCUT2D eigenvalue weighted by atomic mass is 10.1. The van der Waals surface area contributed by atoms with Crippen molar-refractivity contribution in [3.8, 4) is 17.0 Å². The average molecular weight is 477 g/mol. The fraction of sp³-hybridized carbons (Fsp3) is 0.385. The molecule has 1 atom stereocenters. The molecule has 2 aromatic heterocycles. The van der Waals surface area contributed by atoms with E-state index < -0.39 is 0 Å². The van der Waals surface area contributed by atoms with Crippen LogP contribution in [-0.2, 0) is 11.2 Å². The van der Waals surface area contributed by atoms with Gasteiger partial charge in [-0.2, -0.15) is 0 Å². The minimum atomic E-state index is -0.306. The van der Waals surface area contributed by atoms with Gasteiger partial charge in [0.1, 0.15) is 11.9 Å². The molecule has 1 aliphatic heterocycles. The SMILES string of the molecule is CCc1ncc(-c2ccc(OC(C)CNC)cc2)nc1C(=O)Nc1cnccc1N1CCOCC1. The van der Waals surface area contributed by atoms with Gasteiger partial charge >= 0.3 is 0 Å². The molecule has 1 fully saturated rings. The second-order valence-electron chi connectivity index (χ2n) is 8.36. The lowest BCUT2D eigenvalue weighted by Gasteiger charge is -2.30. The number of hydrogen-bond acceptors (Lipinski definition) is 8. The summed E-state index contributed by atoms with van der Waals surface area (Å²) < 4.78 is 11.4. The lowest BCUT2D eigenvalue weighted by molar-refractivity contribution is 0.102. The van der Waals surface area contributed by atoms with E-state index in [4.69, 9.17) is 14.5 Å². The zero-order valence-electron chi connectivity index (χ0n) is 20.5. The maximum Gasteiger partial charge on any atom is 0.276 e. The van der Waals surface area contributed by atoms with Crippen LogP contribution in [0.25, 0.3) is 11.3 Å². The third kappa shape index (κ3) is 6.12. The van der Waals surface area contributed by atoms with E-state index in [2.05, 4.69) is 25.5 Å². The number of ether oxygens (including phenoxy) is 2. The van der Waals surface area contributed by atoms with E-state index in [-0.39, 0.29) is 12.0 Å². The molecule has 1 saturated heterocycles. The van der Waals surface area contributed by atoms with E-state index in [1.54, 1.807) is 18.6 Å². The van der Waals surface area contributed by atoms with Crippen molar-refractivity contribution in [2.24, 2.45) is 0 Å². The summed E-state index contributed by atoms with van der Waals surface area (Å²) in [5.74, 6) is 0.472. The Kier molecular flexibility index (Phi) is 8.23. The normalized spacial score (nSPS) is 14.4. The van der Waals surface area contributed by atoms with Crippen LogP contribution < -0.4 is 20.3 Å². The Balaban J connectivity index is 1.55. The molecule has 1 unspecified atom stereocenters. The maximum absolute atomic E-state index is 13.3. The van der Waals surface area contributed by atoms with Crippen LogP contribution in [0.5, 0.6) is 5.75 Å². The van der Waals surface area contributed by atoms with Crippen LogP contribution in [0.2, 0.25) is 0 Å². The number of anilines is 2. The molecule has 3 aromatic rings. The molecule has 0 aliphatic carbocycles. The van der Waals surface area contributed by atoms with Crippen LogP contribution in [0.3, 0.4) is 0 Å². The van der Waals surface area contributed by atoms with Crippen LogP contribution in [-0.4, -0.2) is 66.9 Å². The molecule has 2 N–H and O–H groups in total. The Bertz CT molecular complexity index is 1130. The molecule has 184 valence electrons. The highest BCUT2D eigenvalue weighted by molar-refractivity contribution is 6.05. The molecule has 9 heteroatoms. The largest absolute Gasteiger partial charge is 0.489 e. The number of hydrogen-bond donors (Lipinski definition) is 2. The summed E-state index contributed by atoms with van der Waals surface area (Å²) in [6.45, 7) is 7.56. The highest BCUT2D eigenvalue weighted by Gasteiger charge is 2.20. The summed E-state index contributed by atoms with van der Waals surface area (Å²) in [5, 5.41) is 6.11. The van der Waals surface area contributed by atoms with Crippen molar-refractivity contribution >= 4 is 17.3 Å². The minimum Gasteiger partial charge on any atom is -0.489 e. The third-order valence-corrected chi connectivity index (χ3v) is 5.78. The lowest BCUT2D eigenvalue weighted by Crippen LogP contribution is -2.36. The van der Waals surface area contributed by atoms with Crippen LogP contribution >= 0.6 is 0 Å². The number of pyridine rings is 1. The van der Waals surface area contributed by atoms with E-state index in [1.165, 1.54) is 0 Å². The van der Waals surface area contributed by atoms with Gasteiger partial charge in [-0.15, -0.1) is 0 Å². The summed E-state index contributed by atoms with van der Waals surface area (Å²) in [5.41, 5.74) is 4.00. The Morgan fingerprint density at radius 1 is 1.17 bits per heavy atom. The molecule has 9 nitrogen and oxygen atoms in total. The van der Waals surface area contributed by atoms with E-state index >= 15 is 0 Å². The molecule has 0 radical (unpaired) electrons. The quantitative estimate of drug-likeness (QED) is 0.486. The zero-order chi connectivity index (χ0) is 24.6. The highest BCUT2D eigenvalue weighted by Crippen LogP contribution is 2.27. The number of rotatable bonds is 9. The molecule has 1 amide bonds. The predicted octanol–water partition coefficient (Wildman–Crippen LogP) is 3.18. The first-order valence-electron chi connectivity index (χ1n) is 11.9. The number of morpholine rings is 1. The first-order chi connectivity index (χ1) is 17.1. The van der Waals surface area contributed by atoms with Crippen LogP contribution in [0, 0.1) is 0 Å². The third-order valence-electron chi connectivity index (χ3n) is 5.78. The number of likely N-dealkylation sites (N-methyl/N-ethyl adjacent to an activating group) is 1.